The van der Waals surface area contributed by atoms with Crippen molar-refractivity contribution in [2.45, 2.75) is 39.7 Å². The number of hydrogen-bond acceptors (Lipinski definition) is 8. The van der Waals surface area contributed by atoms with Crippen molar-refractivity contribution in [3.63, 3.8) is 0 Å². The maximum Gasteiger partial charge on any atom is 0.435 e. The van der Waals surface area contributed by atoms with Crippen LogP contribution in [-0.2, 0) is 11.2 Å². The quantitative estimate of drug-likeness (QED) is 0.208. The third kappa shape index (κ3) is 6.11. The van der Waals surface area contributed by atoms with Gasteiger partial charge in [-0.25, -0.2) is 14.8 Å². The molecule has 9 heteroatoms. The molecule has 3 aromatic carbocycles. The molecule has 0 saturated carbocycles. The van der Waals surface area contributed by atoms with Gasteiger partial charge in [-0.05, 0) is 81.8 Å². The van der Waals surface area contributed by atoms with Gasteiger partial charge in [0.05, 0.1) is 17.2 Å². The molecule has 0 amide bonds. The average molecular weight is 571 g/mol. The van der Waals surface area contributed by atoms with Crippen molar-refractivity contribution in [2.75, 3.05) is 5.32 Å². The summed E-state index contributed by atoms with van der Waals surface area (Å²) in [4.78, 5) is 39.3. The number of nitrogens with zero attached hydrogens (tertiary/aromatic N) is 5. The van der Waals surface area contributed by atoms with Crippen LogP contribution in [0, 0.1) is 6.92 Å². The Morgan fingerprint density at radius 3 is 2.58 bits per heavy atom. The SMILES string of the molecule is Cc1ccc2nc(-c3cccc(CC(=O)c4cccnc4)c3)nc(Nc3ccc4c(cnn4C(=O)OC(C)(C)C)c3)c2c1. The van der Waals surface area contributed by atoms with Gasteiger partial charge in [-0.1, -0.05) is 29.8 Å². The predicted molar refractivity (Wildman–Crippen MR) is 167 cm³/mol. The first-order chi connectivity index (χ1) is 20.6. The molecule has 0 aliphatic rings. The van der Waals surface area contributed by atoms with Crippen LogP contribution in [0.2, 0.25) is 0 Å². The van der Waals surface area contributed by atoms with Crippen molar-refractivity contribution in [1.82, 2.24) is 24.7 Å². The van der Waals surface area contributed by atoms with Gasteiger partial charge in [-0.3, -0.25) is 9.78 Å². The Balaban J connectivity index is 1.33. The number of carbonyl (C=O) groups is 2. The summed E-state index contributed by atoms with van der Waals surface area (Å²) in [6, 6.07) is 22.9. The molecule has 0 atom stereocenters. The number of pyridine rings is 1. The van der Waals surface area contributed by atoms with E-state index in [1.54, 1.807) is 30.7 Å². The van der Waals surface area contributed by atoms with Gasteiger partial charge in [-0.15, -0.1) is 0 Å². The zero-order valence-electron chi connectivity index (χ0n) is 24.3. The second-order valence-corrected chi connectivity index (χ2v) is 11.4. The molecule has 0 spiro atoms. The fourth-order valence-electron chi connectivity index (χ4n) is 4.80. The molecule has 0 saturated heterocycles. The Kier molecular flexibility index (Phi) is 7.15. The van der Waals surface area contributed by atoms with Crippen molar-refractivity contribution < 1.29 is 14.3 Å². The van der Waals surface area contributed by atoms with E-state index in [-0.39, 0.29) is 12.2 Å². The minimum Gasteiger partial charge on any atom is -0.442 e. The first-order valence-electron chi connectivity index (χ1n) is 13.9. The number of benzene rings is 3. The van der Waals surface area contributed by atoms with Gasteiger partial charge in [0.2, 0.25) is 0 Å². The minimum atomic E-state index is -0.630. The van der Waals surface area contributed by atoms with Gasteiger partial charge in [0.15, 0.2) is 11.6 Å². The molecule has 0 fully saturated rings. The van der Waals surface area contributed by atoms with Gasteiger partial charge in [-0.2, -0.15) is 9.78 Å². The molecule has 0 radical (unpaired) electrons. The van der Waals surface area contributed by atoms with E-state index in [0.717, 1.165) is 38.7 Å². The van der Waals surface area contributed by atoms with E-state index in [2.05, 4.69) is 15.4 Å². The minimum absolute atomic E-state index is 0.00658. The van der Waals surface area contributed by atoms with E-state index < -0.39 is 11.7 Å². The summed E-state index contributed by atoms with van der Waals surface area (Å²) in [6.07, 6.45) is 4.58. The number of carbonyl (C=O) groups excluding carboxylic acids is 2. The number of ketones is 1. The van der Waals surface area contributed by atoms with Crippen LogP contribution in [0.1, 0.15) is 42.3 Å². The first kappa shape index (κ1) is 27.7. The molecule has 9 nitrogen and oxygen atoms in total. The Morgan fingerprint density at radius 1 is 0.930 bits per heavy atom. The highest BCUT2D eigenvalue weighted by atomic mass is 16.6. The lowest BCUT2D eigenvalue weighted by Crippen LogP contribution is -2.27. The zero-order chi connectivity index (χ0) is 30.1. The molecular weight excluding hydrogens is 540 g/mol. The predicted octanol–water partition coefficient (Wildman–Crippen LogP) is 7.30. The van der Waals surface area contributed by atoms with Crippen LogP contribution in [0.25, 0.3) is 33.2 Å². The van der Waals surface area contributed by atoms with E-state index >= 15 is 0 Å². The molecule has 0 aliphatic heterocycles. The summed E-state index contributed by atoms with van der Waals surface area (Å²) in [6.45, 7) is 7.48. The molecule has 6 aromatic rings. The van der Waals surface area contributed by atoms with Crippen LogP contribution in [0.5, 0.6) is 0 Å². The zero-order valence-corrected chi connectivity index (χ0v) is 24.3. The molecule has 3 heterocycles. The van der Waals surface area contributed by atoms with Crippen molar-refractivity contribution in [2.24, 2.45) is 0 Å². The Labute approximate surface area is 248 Å². The molecule has 1 N–H and O–H groups in total. The highest BCUT2D eigenvalue weighted by Crippen LogP contribution is 2.30. The summed E-state index contributed by atoms with van der Waals surface area (Å²) in [5.41, 5.74) is 4.89. The number of Topliss-reactive ketones (excluding diaryl/α,β-unsaturated/α-hetero) is 1. The Morgan fingerprint density at radius 2 is 1.79 bits per heavy atom. The molecule has 6 rings (SSSR count). The van der Waals surface area contributed by atoms with E-state index in [0.29, 0.717) is 22.7 Å². The summed E-state index contributed by atoms with van der Waals surface area (Å²) in [5, 5.41) is 9.35. The standard InChI is InChI=1S/C34H30N6O3/c1-21-10-12-28-27(15-21)32(37-26-11-13-29-25(18-26)20-36-40(29)33(42)43-34(2,3)4)39-31(38-28)23-8-5-7-22(16-23)17-30(41)24-9-6-14-35-19-24/h5-16,18-20H,17H2,1-4H3,(H,37,38,39). The largest absolute Gasteiger partial charge is 0.442 e. The highest BCUT2D eigenvalue weighted by molar-refractivity contribution is 5.97. The molecule has 0 aliphatic carbocycles. The molecule has 0 unspecified atom stereocenters. The van der Waals surface area contributed by atoms with Crippen LogP contribution >= 0.6 is 0 Å². The first-order valence-corrected chi connectivity index (χ1v) is 13.9. The topological polar surface area (TPSA) is 112 Å². The molecule has 43 heavy (non-hydrogen) atoms. The van der Waals surface area contributed by atoms with Gasteiger partial charge in [0.1, 0.15) is 11.4 Å². The number of nitrogens with one attached hydrogen (secondary N) is 1. The van der Waals surface area contributed by atoms with Crippen molar-refractivity contribution >= 4 is 45.2 Å². The maximum atomic E-state index is 12.8. The van der Waals surface area contributed by atoms with Crippen molar-refractivity contribution in [3.05, 3.63) is 108 Å². The molecule has 3 aromatic heterocycles. The normalized spacial score (nSPS) is 11.5. The number of rotatable bonds is 6. The highest BCUT2D eigenvalue weighted by Gasteiger charge is 2.20. The number of fused-ring (bicyclic) bond motifs is 2. The third-order valence-corrected chi connectivity index (χ3v) is 6.78. The van der Waals surface area contributed by atoms with Crippen molar-refractivity contribution in [3.8, 4) is 11.4 Å². The maximum absolute atomic E-state index is 12.8. The van der Waals surface area contributed by atoms with Crippen molar-refractivity contribution in [1.29, 1.82) is 0 Å². The smallest absolute Gasteiger partial charge is 0.435 e. The third-order valence-electron chi connectivity index (χ3n) is 6.78. The number of aryl methyl sites for hydroxylation is 1. The van der Waals surface area contributed by atoms with Crippen LogP contribution in [0.3, 0.4) is 0 Å². The number of ether oxygens (including phenoxy) is 1. The molecule has 0 bridgehead atoms. The second kappa shape index (κ2) is 11.1. The van der Waals surface area contributed by atoms with Gasteiger partial charge in [0, 0.05) is 46.4 Å². The van der Waals surface area contributed by atoms with Gasteiger partial charge in [0.25, 0.3) is 0 Å². The fraction of sp³-hybridized carbons (Fsp3) is 0.176. The van der Waals surface area contributed by atoms with Crippen LogP contribution in [-0.4, -0.2) is 42.2 Å². The lowest BCUT2D eigenvalue weighted by atomic mass is 10.0. The summed E-state index contributed by atoms with van der Waals surface area (Å²) in [5.74, 6) is 1.17. The van der Waals surface area contributed by atoms with E-state index in [9.17, 15) is 9.59 Å². The lowest BCUT2D eigenvalue weighted by Gasteiger charge is -2.19. The average Bonchev–Trinajstić information content (AvgIpc) is 3.41. The molecule has 214 valence electrons. The summed E-state index contributed by atoms with van der Waals surface area (Å²) in [7, 11) is 0. The monoisotopic (exact) mass is 570 g/mol. The number of aromatic nitrogens is 5. The van der Waals surface area contributed by atoms with Crippen LogP contribution in [0.4, 0.5) is 16.3 Å². The number of hydrogen-bond donors (Lipinski definition) is 1. The van der Waals surface area contributed by atoms with Crippen LogP contribution < -0.4 is 5.32 Å². The van der Waals surface area contributed by atoms with E-state index in [4.69, 9.17) is 14.7 Å². The summed E-state index contributed by atoms with van der Waals surface area (Å²) >= 11 is 0. The molecular formula is C34H30N6O3. The van der Waals surface area contributed by atoms with Gasteiger partial charge >= 0.3 is 6.09 Å². The Hall–Kier alpha value is -5.44. The second-order valence-electron chi connectivity index (χ2n) is 11.4. The van der Waals surface area contributed by atoms with Gasteiger partial charge < -0.3 is 10.1 Å². The Bertz CT molecular complexity index is 1990. The van der Waals surface area contributed by atoms with E-state index in [1.807, 2.05) is 88.4 Å². The van der Waals surface area contributed by atoms with E-state index in [1.165, 1.54) is 4.68 Å². The summed E-state index contributed by atoms with van der Waals surface area (Å²) < 4.78 is 6.75. The number of anilines is 2. The lowest BCUT2D eigenvalue weighted by molar-refractivity contribution is 0.0522. The fourth-order valence-corrected chi connectivity index (χ4v) is 4.80. The van der Waals surface area contributed by atoms with Crippen LogP contribution in [0.15, 0.2) is 91.4 Å².